The maximum absolute atomic E-state index is 11.5. The molecular formula is C10H12N2O2. The molecule has 0 saturated carbocycles. The van der Waals surface area contributed by atoms with Crippen LogP contribution in [0.4, 0.5) is 5.69 Å². The number of hydrogen-bond donors (Lipinski definition) is 3. The van der Waals surface area contributed by atoms with Gasteiger partial charge < -0.3 is 15.7 Å². The van der Waals surface area contributed by atoms with E-state index in [1.807, 2.05) is 0 Å². The molecule has 1 saturated heterocycles. The zero-order chi connectivity index (χ0) is 9.97. The minimum absolute atomic E-state index is 0.0365. The predicted octanol–water partition coefficient (Wildman–Crippen LogP) is 0.550. The van der Waals surface area contributed by atoms with E-state index in [4.69, 9.17) is 5.11 Å². The van der Waals surface area contributed by atoms with Crippen LogP contribution < -0.4 is 10.6 Å². The molecule has 0 aromatic heterocycles. The van der Waals surface area contributed by atoms with Crippen molar-refractivity contribution in [3.63, 3.8) is 0 Å². The zero-order valence-electron chi connectivity index (χ0n) is 7.66. The molecule has 3 N–H and O–H groups in total. The van der Waals surface area contributed by atoms with Crippen molar-refractivity contribution in [2.75, 3.05) is 18.4 Å². The number of carbonyl (C=O) groups excluding carboxylic acids is 1. The Labute approximate surface area is 81.9 Å². The van der Waals surface area contributed by atoms with Gasteiger partial charge in [-0.3, -0.25) is 4.79 Å². The van der Waals surface area contributed by atoms with Crippen molar-refractivity contribution in [2.24, 2.45) is 5.92 Å². The van der Waals surface area contributed by atoms with Crippen LogP contribution in [-0.4, -0.2) is 24.1 Å². The molecule has 1 aliphatic heterocycles. The normalized spacial score (nSPS) is 16.0. The Hall–Kier alpha value is -1.55. The number of phenolic OH excluding ortho intramolecular Hbond substituents is 1. The Morgan fingerprint density at radius 1 is 1.36 bits per heavy atom. The molecule has 1 aromatic carbocycles. The van der Waals surface area contributed by atoms with Crippen molar-refractivity contribution in [1.82, 2.24) is 5.32 Å². The van der Waals surface area contributed by atoms with Crippen LogP contribution in [0.1, 0.15) is 0 Å². The van der Waals surface area contributed by atoms with E-state index in [2.05, 4.69) is 10.6 Å². The van der Waals surface area contributed by atoms with E-state index in [-0.39, 0.29) is 17.6 Å². The molecule has 0 aliphatic carbocycles. The Morgan fingerprint density at radius 2 is 2.00 bits per heavy atom. The van der Waals surface area contributed by atoms with E-state index in [1.165, 1.54) is 0 Å². The second-order valence-electron chi connectivity index (χ2n) is 3.39. The first-order chi connectivity index (χ1) is 6.75. The number of rotatable bonds is 2. The second-order valence-corrected chi connectivity index (χ2v) is 3.39. The monoisotopic (exact) mass is 192 g/mol. The van der Waals surface area contributed by atoms with Gasteiger partial charge in [0.2, 0.25) is 5.91 Å². The van der Waals surface area contributed by atoms with Gasteiger partial charge in [0.25, 0.3) is 0 Å². The first-order valence-corrected chi connectivity index (χ1v) is 4.56. The van der Waals surface area contributed by atoms with Crippen molar-refractivity contribution in [2.45, 2.75) is 0 Å². The fraction of sp³-hybridized carbons (Fsp3) is 0.300. The van der Waals surface area contributed by atoms with Crippen LogP contribution in [0.3, 0.4) is 0 Å². The van der Waals surface area contributed by atoms with Gasteiger partial charge in [-0.05, 0) is 24.3 Å². The molecule has 1 heterocycles. The molecule has 0 spiro atoms. The molecule has 1 fully saturated rings. The highest BCUT2D eigenvalue weighted by molar-refractivity contribution is 5.93. The summed E-state index contributed by atoms with van der Waals surface area (Å²) in [4.78, 5) is 11.5. The first-order valence-electron chi connectivity index (χ1n) is 4.56. The van der Waals surface area contributed by atoms with Crippen molar-refractivity contribution < 1.29 is 9.90 Å². The summed E-state index contributed by atoms with van der Waals surface area (Å²) in [7, 11) is 0. The Balaban J connectivity index is 1.96. The van der Waals surface area contributed by atoms with Gasteiger partial charge in [0, 0.05) is 18.8 Å². The van der Waals surface area contributed by atoms with Gasteiger partial charge in [0.15, 0.2) is 0 Å². The number of hydrogen-bond acceptors (Lipinski definition) is 3. The molecule has 14 heavy (non-hydrogen) atoms. The van der Waals surface area contributed by atoms with Crippen LogP contribution >= 0.6 is 0 Å². The first kappa shape index (κ1) is 9.02. The highest BCUT2D eigenvalue weighted by Crippen LogP contribution is 2.15. The lowest BCUT2D eigenvalue weighted by Crippen LogP contribution is -2.48. The van der Waals surface area contributed by atoms with Crippen LogP contribution in [0.25, 0.3) is 0 Å². The quantitative estimate of drug-likeness (QED) is 0.600. The third-order valence-corrected chi connectivity index (χ3v) is 2.29. The topological polar surface area (TPSA) is 61.4 Å². The van der Waals surface area contributed by atoms with Gasteiger partial charge in [0.1, 0.15) is 5.75 Å². The molecular weight excluding hydrogens is 180 g/mol. The van der Waals surface area contributed by atoms with Crippen molar-refractivity contribution in [3.8, 4) is 5.75 Å². The van der Waals surface area contributed by atoms with Crippen molar-refractivity contribution in [3.05, 3.63) is 24.3 Å². The maximum atomic E-state index is 11.5. The van der Waals surface area contributed by atoms with E-state index in [0.29, 0.717) is 0 Å². The minimum atomic E-state index is 0.0365. The van der Waals surface area contributed by atoms with Crippen LogP contribution in [0, 0.1) is 5.92 Å². The van der Waals surface area contributed by atoms with Gasteiger partial charge >= 0.3 is 0 Å². The lowest BCUT2D eigenvalue weighted by atomic mass is 10.0. The molecule has 4 heteroatoms. The smallest absolute Gasteiger partial charge is 0.230 e. The number of phenols is 1. The Morgan fingerprint density at radius 3 is 2.50 bits per heavy atom. The largest absolute Gasteiger partial charge is 0.508 e. The van der Waals surface area contributed by atoms with E-state index in [9.17, 15) is 4.79 Å². The van der Waals surface area contributed by atoms with E-state index in [0.717, 1.165) is 18.8 Å². The summed E-state index contributed by atoms with van der Waals surface area (Å²) in [6.45, 7) is 1.51. The Bertz CT molecular complexity index is 330. The van der Waals surface area contributed by atoms with Crippen LogP contribution in [0.2, 0.25) is 0 Å². The number of aromatic hydroxyl groups is 1. The van der Waals surface area contributed by atoms with Gasteiger partial charge in [-0.1, -0.05) is 0 Å². The summed E-state index contributed by atoms with van der Waals surface area (Å²) in [6, 6.07) is 6.46. The molecule has 1 aliphatic rings. The van der Waals surface area contributed by atoms with E-state index >= 15 is 0 Å². The summed E-state index contributed by atoms with van der Waals surface area (Å²) in [6.07, 6.45) is 0. The van der Waals surface area contributed by atoms with E-state index < -0.39 is 0 Å². The van der Waals surface area contributed by atoms with Crippen LogP contribution in [0.5, 0.6) is 5.75 Å². The SMILES string of the molecule is O=C(Nc1ccc(O)cc1)C1CNC1. The zero-order valence-corrected chi connectivity index (χ0v) is 7.66. The predicted molar refractivity (Wildman–Crippen MR) is 53.1 cm³/mol. The van der Waals surface area contributed by atoms with Gasteiger partial charge in [0.05, 0.1) is 5.92 Å². The highest BCUT2D eigenvalue weighted by atomic mass is 16.3. The minimum Gasteiger partial charge on any atom is -0.508 e. The number of benzene rings is 1. The maximum Gasteiger partial charge on any atom is 0.230 e. The van der Waals surface area contributed by atoms with Gasteiger partial charge in [-0.2, -0.15) is 0 Å². The van der Waals surface area contributed by atoms with Gasteiger partial charge in [-0.15, -0.1) is 0 Å². The van der Waals surface area contributed by atoms with Crippen LogP contribution in [-0.2, 0) is 4.79 Å². The summed E-state index contributed by atoms with van der Waals surface area (Å²) in [5.74, 6) is 0.326. The molecule has 1 aromatic rings. The summed E-state index contributed by atoms with van der Waals surface area (Å²) in [5, 5.41) is 14.9. The van der Waals surface area contributed by atoms with Crippen molar-refractivity contribution >= 4 is 11.6 Å². The standard InChI is InChI=1S/C10H12N2O2/c13-9-3-1-8(2-4-9)12-10(14)7-5-11-6-7/h1-4,7,11,13H,5-6H2,(H,12,14). The molecule has 2 rings (SSSR count). The fourth-order valence-corrected chi connectivity index (χ4v) is 1.26. The number of carbonyl (C=O) groups is 1. The molecule has 4 nitrogen and oxygen atoms in total. The summed E-state index contributed by atoms with van der Waals surface area (Å²) >= 11 is 0. The van der Waals surface area contributed by atoms with Gasteiger partial charge in [-0.25, -0.2) is 0 Å². The molecule has 0 radical (unpaired) electrons. The average molecular weight is 192 g/mol. The lowest BCUT2D eigenvalue weighted by Gasteiger charge is -2.25. The van der Waals surface area contributed by atoms with Crippen molar-refractivity contribution in [1.29, 1.82) is 0 Å². The van der Waals surface area contributed by atoms with Crippen LogP contribution in [0.15, 0.2) is 24.3 Å². The third-order valence-electron chi connectivity index (χ3n) is 2.29. The molecule has 0 bridgehead atoms. The average Bonchev–Trinajstić information content (AvgIpc) is 2.06. The van der Waals surface area contributed by atoms with E-state index in [1.54, 1.807) is 24.3 Å². The number of anilines is 1. The summed E-state index contributed by atoms with van der Waals surface area (Å²) < 4.78 is 0. The molecule has 1 amide bonds. The third kappa shape index (κ3) is 1.85. The molecule has 0 unspecified atom stereocenters. The number of nitrogens with one attached hydrogen (secondary N) is 2. The number of amides is 1. The molecule has 0 atom stereocenters. The molecule has 74 valence electrons. The second kappa shape index (κ2) is 3.67. The fourth-order valence-electron chi connectivity index (χ4n) is 1.26. The Kier molecular flexibility index (Phi) is 2.37. The highest BCUT2D eigenvalue weighted by Gasteiger charge is 2.24. The summed E-state index contributed by atoms with van der Waals surface area (Å²) in [5.41, 5.74) is 0.722. The lowest BCUT2D eigenvalue weighted by molar-refractivity contribution is -0.121.